The fourth-order valence-electron chi connectivity index (χ4n) is 1.25. The van der Waals surface area contributed by atoms with Crippen molar-refractivity contribution in [2.75, 3.05) is 0 Å². The number of fused-ring (bicyclic) bond motifs is 1. The first-order valence-electron chi connectivity index (χ1n) is 3.76. The fourth-order valence-corrected chi connectivity index (χ4v) is 4.10. The zero-order valence-electron chi connectivity index (χ0n) is 6.70. The summed E-state index contributed by atoms with van der Waals surface area (Å²) in [6, 6.07) is 8.21. The van der Waals surface area contributed by atoms with Gasteiger partial charge in [0.05, 0.1) is 0 Å². The third kappa shape index (κ3) is 1.22. The van der Waals surface area contributed by atoms with Gasteiger partial charge in [0.25, 0.3) is 0 Å². The number of hydrogen-bond acceptors (Lipinski definition) is 1. The number of rotatable bonds is 1. The topological polar surface area (TPSA) is 17.1 Å². The minimum atomic E-state index is -0.205. The van der Waals surface area contributed by atoms with Gasteiger partial charge in [0.1, 0.15) is 0 Å². The van der Waals surface area contributed by atoms with Crippen molar-refractivity contribution in [2.24, 2.45) is 0 Å². The number of ketones is 1. The zero-order valence-corrected chi connectivity index (χ0v) is 9.03. The number of hydrogen-bond donors (Lipinski definition) is 0. The van der Waals surface area contributed by atoms with Gasteiger partial charge >= 0.3 is 80.6 Å². The van der Waals surface area contributed by atoms with Crippen molar-refractivity contribution in [1.29, 1.82) is 0 Å². The van der Waals surface area contributed by atoms with Crippen molar-refractivity contribution >= 4 is 35.0 Å². The van der Waals surface area contributed by atoms with Crippen molar-refractivity contribution in [1.82, 2.24) is 0 Å². The molecule has 2 aromatic rings. The molecular formula is C10H8OTe. The average molecular weight is 272 g/mol. The minimum absolute atomic E-state index is 0.199. The predicted molar refractivity (Wildman–Crippen MR) is 50.9 cm³/mol. The summed E-state index contributed by atoms with van der Waals surface area (Å²) in [5.74, 6) is 0.199. The molecule has 0 N–H and O–H groups in total. The van der Waals surface area contributed by atoms with E-state index < -0.39 is 0 Å². The molecule has 0 fully saturated rings. The monoisotopic (exact) mass is 274 g/mol. The Hall–Kier alpha value is -0.580. The number of carbonyl (C=O) groups is 1. The van der Waals surface area contributed by atoms with E-state index in [1.807, 2.05) is 18.2 Å². The van der Waals surface area contributed by atoms with E-state index in [1.54, 1.807) is 6.92 Å². The first-order valence-corrected chi connectivity index (χ1v) is 6.27. The maximum absolute atomic E-state index is 11.2. The summed E-state index contributed by atoms with van der Waals surface area (Å²) in [5, 5.41) is 1.17. The van der Waals surface area contributed by atoms with E-state index in [9.17, 15) is 4.79 Å². The molecule has 0 saturated carbocycles. The first kappa shape index (κ1) is 8.04. The fraction of sp³-hybridized carbons (Fsp3) is 0.100. The van der Waals surface area contributed by atoms with E-state index in [0.717, 1.165) is 5.56 Å². The quantitative estimate of drug-likeness (QED) is 0.573. The van der Waals surface area contributed by atoms with Crippen molar-refractivity contribution in [3.63, 3.8) is 0 Å². The summed E-state index contributed by atoms with van der Waals surface area (Å²) >= 11 is -0.205. The molecule has 12 heavy (non-hydrogen) atoms. The van der Waals surface area contributed by atoms with Crippen molar-refractivity contribution < 1.29 is 4.79 Å². The second kappa shape index (κ2) is 3.05. The Morgan fingerprint density at radius 2 is 2.08 bits per heavy atom. The molecule has 1 heterocycles. The number of benzene rings is 1. The Morgan fingerprint density at radius 3 is 2.83 bits per heavy atom. The van der Waals surface area contributed by atoms with Gasteiger partial charge in [0.15, 0.2) is 0 Å². The van der Waals surface area contributed by atoms with Crippen LogP contribution in [0.2, 0.25) is 0 Å². The molecule has 0 amide bonds. The molecule has 0 saturated heterocycles. The van der Waals surface area contributed by atoms with Gasteiger partial charge in [0, 0.05) is 0 Å². The number of carbonyl (C=O) groups excluding carboxylic acids is 1. The van der Waals surface area contributed by atoms with E-state index in [1.165, 1.54) is 8.79 Å². The summed E-state index contributed by atoms with van der Waals surface area (Å²) < 4.78 is 3.53. The van der Waals surface area contributed by atoms with Crippen molar-refractivity contribution in [2.45, 2.75) is 6.92 Å². The molecular weight excluding hydrogens is 264 g/mol. The molecule has 0 aliphatic heterocycles. The van der Waals surface area contributed by atoms with Crippen LogP contribution in [0.25, 0.3) is 8.79 Å². The molecule has 0 unspecified atom stereocenters. The Labute approximate surface area is 80.6 Å². The zero-order chi connectivity index (χ0) is 8.55. The van der Waals surface area contributed by atoms with Crippen LogP contribution in [0.3, 0.4) is 0 Å². The predicted octanol–water partition coefficient (Wildman–Crippen LogP) is 2.10. The van der Waals surface area contributed by atoms with Gasteiger partial charge in [-0.2, -0.15) is 0 Å². The van der Waals surface area contributed by atoms with E-state index in [0.29, 0.717) is 0 Å². The Morgan fingerprint density at radius 1 is 1.33 bits per heavy atom. The molecule has 0 spiro atoms. The molecule has 2 heteroatoms. The van der Waals surface area contributed by atoms with E-state index >= 15 is 0 Å². The molecule has 60 valence electrons. The van der Waals surface area contributed by atoms with Crippen LogP contribution in [-0.2, 0) is 0 Å². The van der Waals surface area contributed by atoms with Crippen LogP contribution >= 0.6 is 0 Å². The summed E-state index contributed by atoms with van der Waals surface area (Å²) in [5.41, 5.74) is 0.938. The van der Waals surface area contributed by atoms with Gasteiger partial charge in [-0.15, -0.1) is 0 Å². The number of Topliss-reactive ketones (excluding diaryl/α,β-unsaturated/α-hetero) is 1. The SMILES string of the molecule is CC(=O)c1c[te]c2ccccc12. The standard InChI is InChI=1S/C10H8OTe/c1-7(11)9-6-12-10-5-3-2-4-8(9)10/h2-6H,1H3. The third-order valence-electron chi connectivity index (χ3n) is 1.86. The van der Waals surface area contributed by atoms with Crippen LogP contribution in [-0.4, -0.2) is 26.2 Å². The van der Waals surface area contributed by atoms with Gasteiger partial charge in [0.2, 0.25) is 0 Å². The summed E-state index contributed by atoms with van der Waals surface area (Å²) in [4.78, 5) is 11.2. The Kier molecular flexibility index (Phi) is 2.04. The Balaban J connectivity index is 2.79. The second-order valence-corrected chi connectivity index (χ2v) is 5.30. The molecule has 0 aliphatic carbocycles. The van der Waals surface area contributed by atoms with Crippen LogP contribution in [0.15, 0.2) is 28.3 Å². The summed E-state index contributed by atoms with van der Waals surface area (Å²) in [6.07, 6.45) is 0. The van der Waals surface area contributed by atoms with Gasteiger partial charge < -0.3 is 0 Å². The molecule has 1 aromatic heterocycles. The van der Waals surface area contributed by atoms with Crippen LogP contribution in [0.1, 0.15) is 17.3 Å². The van der Waals surface area contributed by atoms with Crippen molar-refractivity contribution in [3.8, 4) is 0 Å². The van der Waals surface area contributed by atoms with Gasteiger partial charge in [-0.1, -0.05) is 0 Å². The molecule has 0 bridgehead atoms. The molecule has 1 nitrogen and oxygen atoms in total. The van der Waals surface area contributed by atoms with Crippen LogP contribution < -0.4 is 0 Å². The molecule has 2 rings (SSSR count). The second-order valence-electron chi connectivity index (χ2n) is 2.70. The van der Waals surface area contributed by atoms with Crippen molar-refractivity contribution in [3.05, 3.63) is 33.9 Å². The Bertz CT molecular complexity index is 428. The van der Waals surface area contributed by atoms with E-state index in [4.69, 9.17) is 0 Å². The molecule has 0 aliphatic rings. The molecule has 0 atom stereocenters. The summed E-state index contributed by atoms with van der Waals surface area (Å²) in [6.45, 7) is 1.64. The molecule has 0 radical (unpaired) electrons. The van der Waals surface area contributed by atoms with Gasteiger partial charge in [-0.05, 0) is 0 Å². The third-order valence-corrected chi connectivity index (χ3v) is 4.61. The van der Waals surface area contributed by atoms with Crippen LogP contribution in [0.5, 0.6) is 0 Å². The normalized spacial score (nSPS) is 10.4. The molecule has 1 aromatic carbocycles. The maximum atomic E-state index is 11.2. The van der Waals surface area contributed by atoms with E-state index in [2.05, 4.69) is 10.1 Å². The summed E-state index contributed by atoms with van der Waals surface area (Å²) in [7, 11) is 0. The van der Waals surface area contributed by atoms with Gasteiger partial charge in [-0.3, -0.25) is 0 Å². The van der Waals surface area contributed by atoms with Crippen LogP contribution in [0.4, 0.5) is 0 Å². The van der Waals surface area contributed by atoms with E-state index in [-0.39, 0.29) is 26.2 Å². The van der Waals surface area contributed by atoms with Crippen LogP contribution in [0, 0.1) is 0 Å². The van der Waals surface area contributed by atoms with Gasteiger partial charge in [-0.25, -0.2) is 0 Å². The first-order chi connectivity index (χ1) is 5.79. The average Bonchev–Trinajstić information content (AvgIpc) is 2.47.